The van der Waals surface area contributed by atoms with Crippen molar-refractivity contribution in [1.29, 1.82) is 0 Å². The van der Waals surface area contributed by atoms with Crippen molar-refractivity contribution in [1.82, 2.24) is 5.32 Å². The van der Waals surface area contributed by atoms with Gasteiger partial charge in [0.25, 0.3) is 0 Å². The zero-order chi connectivity index (χ0) is 13.7. The SMILES string of the molecule is CCOC(=O)C(NC(C)C)c1cccc(C)c1C. The zero-order valence-corrected chi connectivity index (χ0v) is 11.9. The largest absolute Gasteiger partial charge is 0.465 e. The molecular formula is C15H23NO2. The molecule has 3 nitrogen and oxygen atoms in total. The molecule has 1 N–H and O–H groups in total. The molecule has 0 aliphatic rings. The van der Waals surface area contributed by atoms with Gasteiger partial charge >= 0.3 is 5.97 Å². The maximum Gasteiger partial charge on any atom is 0.327 e. The Morgan fingerprint density at radius 2 is 2.00 bits per heavy atom. The van der Waals surface area contributed by atoms with Gasteiger partial charge in [-0.1, -0.05) is 18.2 Å². The summed E-state index contributed by atoms with van der Waals surface area (Å²) in [4.78, 5) is 12.1. The lowest BCUT2D eigenvalue weighted by Gasteiger charge is -2.22. The first-order chi connectivity index (χ1) is 8.47. The Bertz CT molecular complexity index is 413. The van der Waals surface area contributed by atoms with E-state index in [-0.39, 0.29) is 18.1 Å². The molecule has 0 bridgehead atoms. The molecule has 0 radical (unpaired) electrons. The molecule has 0 saturated carbocycles. The molecule has 1 rings (SSSR count). The third-order valence-electron chi connectivity index (χ3n) is 2.98. The average molecular weight is 249 g/mol. The fraction of sp³-hybridized carbons (Fsp3) is 0.533. The van der Waals surface area contributed by atoms with E-state index >= 15 is 0 Å². The zero-order valence-electron chi connectivity index (χ0n) is 11.9. The molecule has 0 aliphatic carbocycles. The highest BCUT2D eigenvalue weighted by Gasteiger charge is 2.24. The normalized spacial score (nSPS) is 12.6. The monoisotopic (exact) mass is 249 g/mol. The van der Waals surface area contributed by atoms with Crippen LogP contribution in [0, 0.1) is 13.8 Å². The van der Waals surface area contributed by atoms with Crippen LogP contribution in [0.15, 0.2) is 18.2 Å². The summed E-state index contributed by atoms with van der Waals surface area (Å²) in [6, 6.07) is 5.85. The van der Waals surface area contributed by atoms with Gasteiger partial charge in [-0.05, 0) is 51.3 Å². The quantitative estimate of drug-likeness (QED) is 0.815. The van der Waals surface area contributed by atoms with E-state index in [1.165, 1.54) is 5.56 Å². The van der Waals surface area contributed by atoms with Crippen LogP contribution in [0.2, 0.25) is 0 Å². The van der Waals surface area contributed by atoms with Gasteiger partial charge in [0.05, 0.1) is 6.61 Å². The van der Waals surface area contributed by atoms with Crippen molar-refractivity contribution in [2.45, 2.75) is 46.7 Å². The van der Waals surface area contributed by atoms with Crippen molar-refractivity contribution in [2.75, 3.05) is 6.61 Å². The van der Waals surface area contributed by atoms with Gasteiger partial charge in [-0.3, -0.25) is 5.32 Å². The maximum absolute atomic E-state index is 12.1. The van der Waals surface area contributed by atoms with E-state index in [9.17, 15) is 4.79 Å². The van der Waals surface area contributed by atoms with Crippen LogP contribution >= 0.6 is 0 Å². The van der Waals surface area contributed by atoms with E-state index in [2.05, 4.69) is 18.3 Å². The van der Waals surface area contributed by atoms with Crippen molar-refractivity contribution < 1.29 is 9.53 Å². The van der Waals surface area contributed by atoms with E-state index in [0.29, 0.717) is 6.61 Å². The lowest BCUT2D eigenvalue weighted by Crippen LogP contribution is -2.35. The summed E-state index contributed by atoms with van der Waals surface area (Å²) in [7, 11) is 0. The second kappa shape index (κ2) is 6.55. The second-order valence-corrected chi connectivity index (χ2v) is 4.80. The fourth-order valence-corrected chi connectivity index (χ4v) is 1.93. The number of rotatable bonds is 5. The van der Waals surface area contributed by atoms with Crippen LogP contribution in [0.3, 0.4) is 0 Å². The van der Waals surface area contributed by atoms with Crippen LogP contribution in [0.4, 0.5) is 0 Å². The van der Waals surface area contributed by atoms with Crippen LogP contribution in [0.5, 0.6) is 0 Å². The van der Waals surface area contributed by atoms with Gasteiger partial charge in [-0.2, -0.15) is 0 Å². The maximum atomic E-state index is 12.1. The summed E-state index contributed by atoms with van der Waals surface area (Å²) >= 11 is 0. The molecule has 0 fully saturated rings. The van der Waals surface area contributed by atoms with Crippen molar-refractivity contribution in [3.05, 3.63) is 34.9 Å². The number of hydrogen-bond acceptors (Lipinski definition) is 3. The Hall–Kier alpha value is -1.35. The summed E-state index contributed by atoms with van der Waals surface area (Å²) in [6.07, 6.45) is 0. The van der Waals surface area contributed by atoms with Gasteiger partial charge < -0.3 is 4.74 Å². The van der Waals surface area contributed by atoms with Crippen molar-refractivity contribution >= 4 is 5.97 Å². The Kier molecular flexibility index (Phi) is 5.35. The Labute approximate surface area is 110 Å². The first-order valence-corrected chi connectivity index (χ1v) is 6.46. The molecule has 0 amide bonds. The first-order valence-electron chi connectivity index (χ1n) is 6.46. The lowest BCUT2D eigenvalue weighted by atomic mass is 9.97. The third kappa shape index (κ3) is 3.57. The Morgan fingerprint density at radius 3 is 2.56 bits per heavy atom. The molecule has 0 aromatic heterocycles. The van der Waals surface area contributed by atoms with Gasteiger partial charge in [0, 0.05) is 6.04 Å². The fourth-order valence-electron chi connectivity index (χ4n) is 1.93. The minimum atomic E-state index is -0.384. The predicted molar refractivity (Wildman–Crippen MR) is 73.6 cm³/mol. The van der Waals surface area contributed by atoms with Crippen LogP contribution in [-0.2, 0) is 9.53 Å². The number of hydrogen-bond donors (Lipinski definition) is 1. The van der Waals surface area contributed by atoms with Crippen molar-refractivity contribution in [3.63, 3.8) is 0 Å². The molecule has 18 heavy (non-hydrogen) atoms. The highest BCUT2D eigenvalue weighted by atomic mass is 16.5. The van der Waals surface area contributed by atoms with E-state index in [0.717, 1.165) is 11.1 Å². The first kappa shape index (κ1) is 14.7. The molecule has 100 valence electrons. The van der Waals surface area contributed by atoms with Crippen LogP contribution < -0.4 is 5.32 Å². The minimum Gasteiger partial charge on any atom is -0.465 e. The lowest BCUT2D eigenvalue weighted by molar-refractivity contribution is -0.146. The molecule has 1 unspecified atom stereocenters. The molecule has 1 atom stereocenters. The smallest absolute Gasteiger partial charge is 0.327 e. The van der Waals surface area contributed by atoms with Gasteiger partial charge in [0.1, 0.15) is 6.04 Å². The average Bonchev–Trinajstić information content (AvgIpc) is 2.30. The highest BCUT2D eigenvalue weighted by molar-refractivity contribution is 5.78. The second-order valence-electron chi connectivity index (χ2n) is 4.80. The number of esters is 1. The Balaban J connectivity index is 3.09. The summed E-state index contributed by atoms with van der Waals surface area (Å²) in [5, 5.41) is 3.27. The summed E-state index contributed by atoms with van der Waals surface area (Å²) < 4.78 is 5.15. The van der Waals surface area contributed by atoms with E-state index < -0.39 is 0 Å². The van der Waals surface area contributed by atoms with Gasteiger partial charge in [-0.15, -0.1) is 0 Å². The van der Waals surface area contributed by atoms with Gasteiger partial charge in [-0.25, -0.2) is 4.79 Å². The van der Waals surface area contributed by atoms with Crippen LogP contribution in [0.1, 0.15) is 43.5 Å². The van der Waals surface area contributed by atoms with E-state index in [1.807, 2.05) is 39.8 Å². The topological polar surface area (TPSA) is 38.3 Å². The summed E-state index contributed by atoms with van der Waals surface area (Å²) in [5.41, 5.74) is 3.33. The molecule has 0 spiro atoms. The van der Waals surface area contributed by atoms with E-state index in [1.54, 1.807) is 0 Å². The number of nitrogens with one attached hydrogen (secondary N) is 1. The van der Waals surface area contributed by atoms with Crippen LogP contribution in [0.25, 0.3) is 0 Å². The van der Waals surface area contributed by atoms with Crippen LogP contribution in [-0.4, -0.2) is 18.6 Å². The number of benzene rings is 1. The molecule has 1 aromatic rings. The molecule has 0 aliphatic heterocycles. The predicted octanol–water partition coefficient (Wildman–Crippen LogP) is 2.91. The molecule has 1 aromatic carbocycles. The number of carbonyl (C=O) groups excluding carboxylic acids is 1. The standard InChI is InChI=1S/C15H23NO2/c1-6-18-15(17)14(16-10(2)3)13-9-7-8-11(4)12(13)5/h7-10,14,16H,6H2,1-5H3. The number of ether oxygens (including phenoxy) is 1. The van der Waals surface area contributed by atoms with E-state index in [4.69, 9.17) is 4.74 Å². The molecular weight excluding hydrogens is 226 g/mol. The van der Waals surface area contributed by atoms with Crippen molar-refractivity contribution in [3.8, 4) is 0 Å². The number of aryl methyl sites for hydroxylation is 1. The Morgan fingerprint density at radius 1 is 1.33 bits per heavy atom. The van der Waals surface area contributed by atoms with Gasteiger partial charge in [0.15, 0.2) is 0 Å². The van der Waals surface area contributed by atoms with Crippen molar-refractivity contribution in [2.24, 2.45) is 0 Å². The number of carbonyl (C=O) groups is 1. The van der Waals surface area contributed by atoms with Gasteiger partial charge in [0.2, 0.25) is 0 Å². The highest BCUT2D eigenvalue weighted by Crippen LogP contribution is 2.22. The summed E-state index contributed by atoms with van der Waals surface area (Å²) in [6.45, 7) is 10.4. The molecule has 0 saturated heterocycles. The molecule has 0 heterocycles. The molecule has 3 heteroatoms. The third-order valence-corrected chi connectivity index (χ3v) is 2.98. The minimum absolute atomic E-state index is 0.208. The summed E-state index contributed by atoms with van der Waals surface area (Å²) in [5.74, 6) is -0.208.